The number of benzene rings is 1. The summed E-state index contributed by atoms with van der Waals surface area (Å²) in [6, 6.07) is 8.21. The van der Waals surface area contributed by atoms with Crippen molar-refractivity contribution in [3.8, 4) is 5.75 Å². The summed E-state index contributed by atoms with van der Waals surface area (Å²) in [5.74, 6) is 0.669. The fourth-order valence-electron chi connectivity index (χ4n) is 1.88. The van der Waals surface area contributed by atoms with Crippen molar-refractivity contribution in [2.24, 2.45) is 5.73 Å². The minimum Gasteiger partial charge on any atom is -0.496 e. The number of ether oxygens (including phenoxy) is 1. The number of hydrogen-bond donors (Lipinski definition) is 2. The molecule has 0 aromatic heterocycles. The fraction of sp³-hybridized carbons (Fsp3) is 0.500. The molecule has 100 valence electrons. The van der Waals surface area contributed by atoms with Crippen molar-refractivity contribution < 1.29 is 9.53 Å². The van der Waals surface area contributed by atoms with Gasteiger partial charge in [0.1, 0.15) is 5.75 Å². The third-order valence-corrected chi connectivity index (χ3v) is 2.91. The molecule has 1 amide bonds. The lowest BCUT2D eigenvalue weighted by Gasteiger charge is -2.17. The number of nitrogens with one attached hydrogen (secondary N) is 1. The van der Waals surface area contributed by atoms with Crippen LogP contribution in [0.15, 0.2) is 24.3 Å². The molecule has 1 atom stereocenters. The van der Waals surface area contributed by atoms with E-state index in [1.807, 2.05) is 18.2 Å². The van der Waals surface area contributed by atoms with Crippen LogP contribution in [0.3, 0.4) is 0 Å². The molecule has 1 unspecified atom stereocenters. The SMILES string of the molecule is COc1ccccc1C(C)NCCCCC(N)=O. The van der Waals surface area contributed by atoms with E-state index >= 15 is 0 Å². The Morgan fingerprint density at radius 2 is 2.11 bits per heavy atom. The van der Waals surface area contributed by atoms with Crippen LogP contribution in [0.25, 0.3) is 0 Å². The molecule has 0 spiro atoms. The molecule has 0 saturated carbocycles. The molecule has 0 radical (unpaired) electrons. The third kappa shape index (κ3) is 4.75. The number of carbonyl (C=O) groups is 1. The summed E-state index contributed by atoms with van der Waals surface area (Å²) < 4.78 is 5.32. The minimum absolute atomic E-state index is 0.229. The Hall–Kier alpha value is -1.55. The Bertz CT molecular complexity index is 380. The van der Waals surface area contributed by atoms with Crippen LogP contribution in [0.2, 0.25) is 0 Å². The van der Waals surface area contributed by atoms with Gasteiger partial charge in [-0.25, -0.2) is 0 Å². The van der Waals surface area contributed by atoms with Gasteiger partial charge in [-0.05, 0) is 32.4 Å². The van der Waals surface area contributed by atoms with Crippen molar-refractivity contribution in [3.05, 3.63) is 29.8 Å². The number of para-hydroxylation sites is 1. The summed E-state index contributed by atoms with van der Waals surface area (Å²) in [5, 5.41) is 3.42. The predicted molar refractivity (Wildman–Crippen MR) is 72.5 cm³/mol. The van der Waals surface area contributed by atoms with Gasteiger partial charge in [-0.2, -0.15) is 0 Å². The number of primary amides is 1. The second-order valence-corrected chi connectivity index (χ2v) is 4.34. The lowest BCUT2D eigenvalue weighted by atomic mass is 10.1. The minimum atomic E-state index is -0.229. The van der Waals surface area contributed by atoms with E-state index in [1.54, 1.807) is 7.11 Å². The highest BCUT2D eigenvalue weighted by Gasteiger charge is 2.09. The molecule has 0 aliphatic rings. The molecule has 0 heterocycles. The highest BCUT2D eigenvalue weighted by atomic mass is 16.5. The first-order chi connectivity index (χ1) is 8.65. The van der Waals surface area contributed by atoms with Crippen LogP contribution in [-0.4, -0.2) is 19.6 Å². The largest absolute Gasteiger partial charge is 0.496 e. The Balaban J connectivity index is 2.36. The van der Waals surface area contributed by atoms with Crippen molar-refractivity contribution in [3.63, 3.8) is 0 Å². The molecule has 0 saturated heterocycles. The van der Waals surface area contributed by atoms with Crippen LogP contribution < -0.4 is 15.8 Å². The number of hydrogen-bond acceptors (Lipinski definition) is 3. The number of amides is 1. The number of unbranched alkanes of at least 4 members (excludes halogenated alkanes) is 1. The van der Waals surface area contributed by atoms with Gasteiger partial charge in [0.05, 0.1) is 7.11 Å². The molecular weight excluding hydrogens is 228 g/mol. The Labute approximate surface area is 109 Å². The van der Waals surface area contributed by atoms with Gasteiger partial charge in [-0.1, -0.05) is 18.2 Å². The molecule has 4 nitrogen and oxygen atoms in total. The summed E-state index contributed by atoms with van der Waals surface area (Å²) in [4.78, 5) is 10.6. The second-order valence-electron chi connectivity index (χ2n) is 4.34. The maximum Gasteiger partial charge on any atom is 0.217 e. The topological polar surface area (TPSA) is 64.3 Å². The van der Waals surface area contributed by atoms with E-state index in [9.17, 15) is 4.79 Å². The van der Waals surface area contributed by atoms with Gasteiger partial charge in [-0.15, -0.1) is 0 Å². The molecule has 4 heteroatoms. The number of methoxy groups -OCH3 is 1. The van der Waals surface area contributed by atoms with Gasteiger partial charge in [0.15, 0.2) is 0 Å². The van der Waals surface area contributed by atoms with E-state index in [0.29, 0.717) is 6.42 Å². The van der Waals surface area contributed by atoms with Crippen LogP contribution >= 0.6 is 0 Å². The summed E-state index contributed by atoms with van der Waals surface area (Å²) in [6.07, 6.45) is 2.24. The monoisotopic (exact) mass is 250 g/mol. The van der Waals surface area contributed by atoms with Crippen molar-refractivity contribution in [2.45, 2.75) is 32.2 Å². The molecule has 0 aliphatic heterocycles. The van der Waals surface area contributed by atoms with Crippen molar-refractivity contribution in [1.29, 1.82) is 0 Å². The normalized spacial score (nSPS) is 12.1. The van der Waals surface area contributed by atoms with E-state index in [-0.39, 0.29) is 11.9 Å². The number of nitrogens with two attached hydrogens (primary N) is 1. The van der Waals surface area contributed by atoms with Gasteiger partial charge >= 0.3 is 0 Å². The fourth-order valence-corrected chi connectivity index (χ4v) is 1.88. The van der Waals surface area contributed by atoms with E-state index in [0.717, 1.165) is 30.7 Å². The zero-order valence-electron chi connectivity index (χ0n) is 11.1. The van der Waals surface area contributed by atoms with Crippen LogP contribution in [0, 0.1) is 0 Å². The first-order valence-corrected chi connectivity index (χ1v) is 6.29. The second kappa shape index (κ2) is 7.71. The van der Waals surface area contributed by atoms with Crippen LogP contribution in [0.1, 0.15) is 37.8 Å². The van der Waals surface area contributed by atoms with Crippen LogP contribution in [0.4, 0.5) is 0 Å². The van der Waals surface area contributed by atoms with Crippen LogP contribution in [0.5, 0.6) is 5.75 Å². The van der Waals surface area contributed by atoms with E-state index in [2.05, 4.69) is 18.3 Å². The van der Waals surface area contributed by atoms with Crippen molar-refractivity contribution >= 4 is 5.91 Å². The highest BCUT2D eigenvalue weighted by Crippen LogP contribution is 2.24. The Morgan fingerprint density at radius 1 is 1.39 bits per heavy atom. The Kier molecular flexibility index (Phi) is 6.22. The highest BCUT2D eigenvalue weighted by molar-refractivity contribution is 5.73. The molecule has 1 aromatic carbocycles. The van der Waals surface area contributed by atoms with Gasteiger partial charge in [0.2, 0.25) is 5.91 Å². The smallest absolute Gasteiger partial charge is 0.217 e. The summed E-state index contributed by atoms with van der Waals surface area (Å²) in [6.45, 7) is 2.97. The third-order valence-electron chi connectivity index (χ3n) is 2.91. The summed E-state index contributed by atoms with van der Waals surface area (Å²) in [7, 11) is 1.68. The predicted octanol–water partition coefficient (Wildman–Crippen LogP) is 2.00. The van der Waals surface area contributed by atoms with Gasteiger partial charge in [0, 0.05) is 18.0 Å². The molecule has 1 aromatic rings. The lowest BCUT2D eigenvalue weighted by Crippen LogP contribution is -2.21. The summed E-state index contributed by atoms with van der Waals surface area (Å²) in [5.41, 5.74) is 6.24. The molecule has 3 N–H and O–H groups in total. The molecular formula is C14H22N2O2. The molecule has 0 bridgehead atoms. The molecule has 0 fully saturated rings. The average molecular weight is 250 g/mol. The molecule has 1 rings (SSSR count). The van der Waals surface area contributed by atoms with Gasteiger partial charge in [-0.3, -0.25) is 4.79 Å². The van der Waals surface area contributed by atoms with Crippen molar-refractivity contribution in [1.82, 2.24) is 5.32 Å². The average Bonchev–Trinajstić information content (AvgIpc) is 2.37. The first-order valence-electron chi connectivity index (χ1n) is 6.29. The van der Waals surface area contributed by atoms with E-state index in [1.165, 1.54) is 0 Å². The number of carbonyl (C=O) groups excluding carboxylic acids is 1. The summed E-state index contributed by atoms with van der Waals surface area (Å²) >= 11 is 0. The zero-order valence-corrected chi connectivity index (χ0v) is 11.1. The van der Waals surface area contributed by atoms with Crippen molar-refractivity contribution in [2.75, 3.05) is 13.7 Å². The number of rotatable bonds is 8. The van der Waals surface area contributed by atoms with E-state index in [4.69, 9.17) is 10.5 Å². The quantitative estimate of drug-likeness (QED) is 0.694. The first kappa shape index (κ1) is 14.5. The molecule has 18 heavy (non-hydrogen) atoms. The maximum absolute atomic E-state index is 10.6. The zero-order chi connectivity index (χ0) is 13.4. The van der Waals surface area contributed by atoms with Gasteiger partial charge in [0.25, 0.3) is 0 Å². The Morgan fingerprint density at radius 3 is 2.78 bits per heavy atom. The van der Waals surface area contributed by atoms with E-state index < -0.39 is 0 Å². The maximum atomic E-state index is 10.6. The lowest BCUT2D eigenvalue weighted by molar-refractivity contribution is -0.118. The molecule has 0 aliphatic carbocycles. The van der Waals surface area contributed by atoms with Gasteiger partial charge < -0.3 is 15.8 Å². The van der Waals surface area contributed by atoms with Crippen LogP contribution in [-0.2, 0) is 4.79 Å². The standard InChI is InChI=1S/C14H22N2O2/c1-11(16-10-6-5-9-14(15)17)12-7-3-4-8-13(12)18-2/h3-4,7-8,11,16H,5-6,9-10H2,1-2H3,(H2,15,17).